The second-order valence-corrected chi connectivity index (χ2v) is 9.63. The van der Waals surface area contributed by atoms with Crippen molar-refractivity contribution in [2.45, 2.75) is 33.1 Å². The number of anilines is 3. The molecule has 2 N–H and O–H groups in total. The highest BCUT2D eigenvalue weighted by molar-refractivity contribution is 6.53. The molecule has 39 heavy (non-hydrogen) atoms. The van der Waals surface area contributed by atoms with E-state index in [9.17, 15) is 19.2 Å². The van der Waals surface area contributed by atoms with Crippen molar-refractivity contribution < 1.29 is 23.9 Å². The summed E-state index contributed by atoms with van der Waals surface area (Å²) in [6.07, 6.45) is 0.735. The maximum Gasteiger partial charge on any atom is 0.338 e. The van der Waals surface area contributed by atoms with Gasteiger partial charge in [0.15, 0.2) is 0 Å². The minimum Gasteiger partial charge on any atom is -0.462 e. The van der Waals surface area contributed by atoms with Crippen molar-refractivity contribution in [3.8, 4) is 0 Å². The highest BCUT2D eigenvalue weighted by Gasteiger charge is 2.39. The quantitative estimate of drug-likeness (QED) is 0.250. The van der Waals surface area contributed by atoms with Gasteiger partial charge in [0.2, 0.25) is 0 Å². The molecular weight excluding hydrogens is 518 g/mol. The number of ether oxygens (including phenoxy) is 1. The smallest absolute Gasteiger partial charge is 0.338 e. The molecule has 0 aromatic heterocycles. The van der Waals surface area contributed by atoms with E-state index in [2.05, 4.69) is 24.5 Å². The summed E-state index contributed by atoms with van der Waals surface area (Å²) in [6.45, 7) is 6.38. The second-order valence-electron chi connectivity index (χ2n) is 9.25. The van der Waals surface area contributed by atoms with Crippen LogP contribution in [0, 0.1) is 0 Å². The van der Waals surface area contributed by atoms with Crippen LogP contribution in [-0.4, -0.2) is 30.3 Å². The second kappa shape index (κ2) is 12.0. The summed E-state index contributed by atoms with van der Waals surface area (Å²) in [7, 11) is 0. The molecule has 0 bridgehead atoms. The van der Waals surface area contributed by atoms with Crippen LogP contribution in [0.1, 0.15) is 59.4 Å². The Bertz CT molecular complexity index is 1430. The van der Waals surface area contributed by atoms with Crippen molar-refractivity contribution >= 4 is 52.4 Å². The lowest BCUT2D eigenvalue weighted by atomic mass is 10.0. The van der Waals surface area contributed by atoms with Gasteiger partial charge in [-0.05, 0) is 78.6 Å². The highest BCUT2D eigenvalue weighted by Crippen LogP contribution is 2.31. The van der Waals surface area contributed by atoms with Gasteiger partial charge in [0, 0.05) is 16.9 Å². The van der Waals surface area contributed by atoms with E-state index in [4.69, 9.17) is 16.3 Å². The minimum absolute atomic E-state index is 0.0376. The minimum atomic E-state index is -0.609. The maximum absolute atomic E-state index is 13.1. The molecule has 0 saturated carbocycles. The predicted octanol–water partition coefficient (Wildman–Crippen LogP) is 6.06. The SMILES string of the molecule is CCCOC(=O)c1ccc(NC(=O)c2ccc(NC3=C(Cl)C(=O)N(c4ccc(C(C)C)cc4)C3=O)cc2)cc1. The average molecular weight is 546 g/mol. The molecular formula is C30H28ClN3O5. The first-order chi connectivity index (χ1) is 18.7. The van der Waals surface area contributed by atoms with Crippen molar-refractivity contribution in [3.63, 3.8) is 0 Å². The van der Waals surface area contributed by atoms with Crippen LogP contribution in [0.5, 0.6) is 0 Å². The maximum atomic E-state index is 13.1. The zero-order valence-electron chi connectivity index (χ0n) is 21.8. The Balaban J connectivity index is 1.40. The summed E-state index contributed by atoms with van der Waals surface area (Å²) in [5, 5.41) is 5.46. The topological polar surface area (TPSA) is 105 Å². The molecule has 0 fully saturated rings. The van der Waals surface area contributed by atoms with Crippen LogP contribution in [-0.2, 0) is 14.3 Å². The van der Waals surface area contributed by atoms with Crippen LogP contribution >= 0.6 is 11.6 Å². The molecule has 3 aromatic rings. The summed E-state index contributed by atoms with van der Waals surface area (Å²) < 4.78 is 5.10. The first-order valence-corrected chi connectivity index (χ1v) is 12.9. The summed E-state index contributed by atoms with van der Waals surface area (Å²) in [5.74, 6) is -1.63. The fourth-order valence-electron chi connectivity index (χ4n) is 3.87. The molecule has 200 valence electrons. The summed E-state index contributed by atoms with van der Waals surface area (Å²) in [4.78, 5) is 51.5. The van der Waals surface area contributed by atoms with Gasteiger partial charge in [0.1, 0.15) is 10.7 Å². The fourth-order valence-corrected chi connectivity index (χ4v) is 4.09. The Morgan fingerprint density at radius 1 is 0.846 bits per heavy atom. The van der Waals surface area contributed by atoms with Gasteiger partial charge in [-0.2, -0.15) is 0 Å². The summed E-state index contributed by atoms with van der Waals surface area (Å²) in [5.41, 5.74) is 3.24. The van der Waals surface area contributed by atoms with Gasteiger partial charge in [-0.3, -0.25) is 14.4 Å². The molecule has 0 aliphatic carbocycles. The number of esters is 1. The van der Waals surface area contributed by atoms with Crippen LogP contribution in [0.4, 0.5) is 17.1 Å². The van der Waals surface area contributed by atoms with Crippen molar-refractivity contribution in [2.75, 3.05) is 22.1 Å². The summed E-state index contributed by atoms with van der Waals surface area (Å²) >= 11 is 6.24. The molecule has 3 amide bonds. The van der Waals surface area contributed by atoms with Crippen molar-refractivity contribution in [1.29, 1.82) is 0 Å². The number of hydrogen-bond acceptors (Lipinski definition) is 6. The Morgan fingerprint density at radius 3 is 2.03 bits per heavy atom. The third kappa shape index (κ3) is 6.18. The largest absolute Gasteiger partial charge is 0.462 e. The molecule has 1 aliphatic heterocycles. The van der Waals surface area contributed by atoms with E-state index < -0.39 is 17.8 Å². The number of nitrogens with one attached hydrogen (secondary N) is 2. The van der Waals surface area contributed by atoms with Crippen molar-refractivity contribution in [3.05, 3.63) is 100 Å². The average Bonchev–Trinajstić information content (AvgIpc) is 3.15. The predicted molar refractivity (Wildman–Crippen MR) is 151 cm³/mol. The molecule has 1 heterocycles. The Hall–Kier alpha value is -4.43. The number of rotatable bonds is 9. The van der Waals surface area contributed by atoms with Crippen LogP contribution in [0.3, 0.4) is 0 Å². The normalized spacial score (nSPS) is 13.2. The number of carbonyl (C=O) groups is 4. The molecule has 8 nitrogen and oxygen atoms in total. The van der Waals surface area contributed by atoms with Crippen molar-refractivity contribution in [2.24, 2.45) is 0 Å². The third-order valence-corrected chi connectivity index (χ3v) is 6.43. The number of hydrogen-bond donors (Lipinski definition) is 2. The molecule has 1 aliphatic rings. The zero-order valence-corrected chi connectivity index (χ0v) is 22.5. The van der Waals surface area contributed by atoms with Gasteiger partial charge in [0.25, 0.3) is 17.7 Å². The first-order valence-electron chi connectivity index (χ1n) is 12.5. The number of carbonyl (C=O) groups excluding carboxylic acids is 4. The Kier molecular flexibility index (Phi) is 8.46. The molecule has 9 heteroatoms. The van der Waals surface area contributed by atoms with Crippen LogP contribution in [0.15, 0.2) is 83.5 Å². The Morgan fingerprint density at radius 2 is 1.44 bits per heavy atom. The number of amides is 3. The monoisotopic (exact) mass is 545 g/mol. The van der Waals surface area contributed by atoms with Gasteiger partial charge in [-0.25, -0.2) is 9.69 Å². The van der Waals surface area contributed by atoms with Crippen molar-refractivity contribution in [1.82, 2.24) is 0 Å². The molecule has 4 rings (SSSR count). The van der Waals surface area contributed by atoms with Gasteiger partial charge < -0.3 is 15.4 Å². The van der Waals surface area contributed by atoms with Crippen LogP contribution in [0.2, 0.25) is 0 Å². The number of benzene rings is 3. The van der Waals surface area contributed by atoms with Gasteiger partial charge >= 0.3 is 5.97 Å². The number of nitrogens with zero attached hydrogens (tertiary/aromatic N) is 1. The lowest BCUT2D eigenvalue weighted by Crippen LogP contribution is -2.32. The van der Waals surface area contributed by atoms with E-state index in [1.807, 2.05) is 19.1 Å². The van der Waals surface area contributed by atoms with Crippen LogP contribution in [0.25, 0.3) is 0 Å². The Labute approximate surface area is 231 Å². The van der Waals surface area contributed by atoms with E-state index in [1.165, 1.54) is 0 Å². The van der Waals surface area contributed by atoms with E-state index in [1.54, 1.807) is 60.7 Å². The molecule has 0 radical (unpaired) electrons. The fraction of sp³-hybridized carbons (Fsp3) is 0.200. The molecule has 0 unspecified atom stereocenters. The van der Waals surface area contributed by atoms with Gasteiger partial charge in [-0.15, -0.1) is 0 Å². The molecule has 0 spiro atoms. The van der Waals surface area contributed by atoms with E-state index >= 15 is 0 Å². The lowest BCUT2D eigenvalue weighted by molar-refractivity contribution is -0.120. The molecule has 0 atom stereocenters. The number of imide groups is 1. The van der Waals surface area contributed by atoms with Crippen LogP contribution < -0.4 is 15.5 Å². The van der Waals surface area contributed by atoms with E-state index in [0.29, 0.717) is 40.7 Å². The summed E-state index contributed by atoms with van der Waals surface area (Å²) in [6, 6.07) is 20.0. The highest BCUT2D eigenvalue weighted by atomic mass is 35.5. The lowest BCUT2D eigenvalue weighted by Gasteiger charge is -2.16. The standard InChI is InChI=1S/C30H28ClN3O5/c1-4-17-39-30(38)21-7-13-23(14-8-21)33-27(35)20-5-11-22(12-6-20)32-26-25(31)28(36)34(29(26)37)24-15-9-19(10-16-24)18(2)3/h5-16,18,32H,4,17H2,1-3H3,(H,33,35). The van der Waals surface area contributed by atoms with E-state index in [0.717, 1.165) is 16.9 Å². The third-order valence-electron chi connectivity index (χ3n) is 6.08. The van der Waals surface area contributed by atoms with E-state index in [-0.39, 0.29) is 16.6 Å². The molecule has 3 aromatic carbocycles. The molecule has 0 saturated heterocycles. The zero-order chi connectivity index (χ0) is 28.1. The van der Waals surface area contributed by atoms with Gasteiger partial charge in [-0.1, -0.05) is 44.5 Å². The number of halogens is 1. The first kappa shape index (κ1) is 27.6. The van der Waals surface area contributed by atoms with Gasteiger partial charge in [0.05, 0.1) is 17.9 Å².